The van der Waals surface area contributed by atoms with Crippen LogP contribution in [-0.2, 0) is 38.4 Å². The van der Waals surface area contributed by atoms with Crippen LogP contribution in [0.4, 0.5) is 0 Å². The average molecular weight is 734 g/mol. The first-order valence-electron chi connectivity index (χ1n) is 15.3. The van der Waals surface area contributed by atoms with Gasteiger partial charge in [0.1, 0.15) is 37.3 Å². The number of aliphatic carboxylic acids is 4. The van der Waals surface area contributed by atoms with E-state index in [4.69, 9.17) is 31.9 Å². The molecule has 2 heterocycles. The molecule has 4 amide bonds. The van der Waals surface area contributed by atoms with Crippen molar-refractivity contribution in [3.8, 4) is 0 Å². The molecular formula is C28H43N7O12S2. The second-order valence-electron chi connectivity index (χ2n) is 11.3. The topological polar surface area (TPSA) is 321 Å². The van der Waals surface area contributed by atoms with Crippen LogP contribution in [0.5, 0.6) is 0 Å². The lowest BCUT2D eigenvalue weighted by Gasteiger charge is -2.26. The molecule has 2 aliphatic rings. The van der Waals surface area contributed by atoms with Gasteiger partial charge in [0.2, 0.25) is 23.6 Å². The monoisotopic (exact) mass is 733 g/mol. The summed E-state index contributed by atoms with van der Waals surface area (Å²) in [6.07, 6.45) is 1.96. The number of hydrogen-bond donors (Lipinski definition) is 10. The third kappa shape index (κ3) is 14.6. The lowest BCUT2D eigenvalue weighted by molar-refractivity contribution is -0.140. The molecule has 2 aliphatic heterocycles. The molecule has 0 aliphatic carbocycles. The van der Waals surface area contributed by atoms with Gasteiger partial charge in [-0.1, -0.05) is 6.08 Å². The fourth-order valence-corrected chi connectivity index (χ4v) is 7.57. The number of nitrogens with one attached hydrogen (secondary N) is 4. The molecule has 1 fully saturated rings. The number of amides is 4. The smallest absolute Gasteiger partial charge is 0.322 e. The van der Waals surface area contributed by atoms with Crippen LogP contribution in [0.25, 0.3) is 0 Å². The maximum absolute atomic E-state index is 12.8. The molecule has 19 nitrogen and oxygen atoms in total. The highest BCUT2D eigenvalue weighted by Gasteiger charge is 2.40. The fourth-order valence-electron chi connectivity index (χ4n) is 4.98. The maximum atomic E-state index is 12.8. The first kappa shape index (κ1) is 41.3. The van der Waals surface area contributed by atoms with Gasteiger partial charge in [0.15, 0.2) is 0 Å². The molecule has 0 aromatic rings. The lowest BCUT2D eigenvalue weighted by Crippen LogP contribution is -2.50. The van der Waals surface area contributed by atoms with Crippen LogP contribution >= 0.6 is 23.5 Å². The number of carbonyl (C=O) groups excluding carboxylic acids is 4. The summed E-state index contributed by atoms with van der Waals surface area (Å²) in [4.78, 5) is 96.5. The van der Waals surface area contributed by atoms with Gasteiger partial charge in [-0.3, -0.25) is 43.3 Å². The van der Waals surface area contributed by atoms with Crippen molar-refractivity contribution in [2.24, 2.45) is 11.5 Å². The Morgan fingerprint density at radius 1 is 0.796 bits per heavy atom. The highest BCUT2D eigenvalue weighted by atomic mass is 32.2. The van der Waals surface area contributed by atoms with E-state index in [-0.39, 0.29) is 48.5 Å². The molecule has 0 radical (unpaired) electrons. The number of thioether (sulfide) groups is 2. The van der Waals surface area contributed by atoms with Crippen molar-refractivity contribution in [1.29, 1.82) is 0 Å². The van der Waals surface area contributed by atoms with Gasteiger partial charge in [0.05, 0.1) is 0 Å². The Morgan fingerprint density at radius 2 is 1.29 bits per heavy atom. The van der Waals surface area contributed by atoms with Crippen molar-refractivity contribution in [2.45, 2.75) is 67.6 Å². The van der Waals surface area contributed by atoms with Crippen LogP contribution in [0.1, 0.15) is 32.1 Å². The molecule has 274 valence electrons. The molecule has 6 atom stereocenters. The predicted octanol–water partition coefficient (Wildman–Crippen LogP) is -3.41. The van der Waals surface area contributed by atoms with Crippen molar-refractivity contribution < 1.29 is 58.8 Å². The zero-order valence-electron chi connectivity index (χ0n) is 26.5. The summed E-state index contributed by atoms with van der Waals surface area (Å²) in [5.74, 6) is -7.14. The van der Waals surface area contributed by atoms with Crippen LogP contribution in [0.15, 0.2) is 11.6 Å². The molecule has 0 aromatic heterocycles. The fraction of sp³-hybridized carbons (Fsp3) is 0.643. The summed E-state index contributed by atoms with van der Waals surface area (Å²) >= 11 is 2.74. The maximum Gasteiger partial charge on any atom is 0.322 e. The third-order valence-electron chi connectivity index (χ3n) is 7.57. The highest BCUT2D eigenvalue weighted by molar-refractivity contribution is 8.00. The summed E-state index contributed by atoms with van der Waals surface area (Å²) in [6.45, 7) is 0.0860. The summed E-state index contributed by atoms with van der Waals surface area (Å²) < 4.78 is 0. The van der Waals surface area contributed by atoms with E-state index in [1.807, 2.05) is 6.08 Å². The molecular weight excluding hydrogens is 690 g/mol. The van der Waals surface area contributed by atoms with Crippen LogP contribution < -0.4 is 32.7 Å². The van der Waals surface area contributed by atoms with Gasteiger partial charge < -0.3 is 53.2 Å². The number of rotatable bonds is 23. The summed E-state index contributed by atoms with van der Waals surface area (Å²) in [6, 6.07) is -4.78. The van der Waals surface area contributed by atoms with Gasteiger partial charge in [-0.15, -0.1) is 0 Å². The van der Waals surface area contributed by atoms with E-state index < -0.39 is 84.8 Å². The van der Waals surface area contributed by atoms with E-state index in [1.54, 1.807) is 0 Å². The van der Waals surface area contributed by atoms with Gasteiger partial charge >= 0.3 is 23.9 Å². The molecule has 12 N–H and O–H groups in total. The number of carboxylic acid groups (broad SMARTS) is 4. The summed E-state index contributed by atoms with van der Waals surface area (Å²) in [5.41, 5.74) is 11.9. The summed E-state index contributed by atoms with van der Waals surface area (Å²) in [5, 5.41) is 45.3. The quantitative estimate of drug-likeness (QED) is 0.0457. The Hall–Kier alpha value is -3.92. The molecule has 0 unspecified atom stereocenters. The van der Waals surface area contributed by atoms with E-state index in [0.29, 0.717) is 12.3 Å². The number of nitrogens with zero attached hydrogens (tertiary/aromatic N) is 1. The Labute approximate surface area is 289 Å². The van der Waals surface area contributed by atoms with Crippen LogP contribution in [0.3, 0.4) is 0 Å². The van der Waals surface area contributed by atoms with Crippen molar-refractivity contribution in [1.82, 2.24) is 26.2 Å². The molecule has 2 rings (SSSR count). The predicted molar refractivity (Wildman–Crippen MR) is 176 cm³/mol. The number of carboxylic acids is 4. The minimum atomic E-state index is -1.28. The average Bonchev–Trinajstić information content (AvgIpc) is 3.64. The normalized spacial score (nSPS) is 19.3. The van der Waals surface area contributed by atoms with E-state index >= 15 is 0 Å². The number of carbonyl (C=O) groups is 8. The zero-order chi connectivity index (χ0) is 36.7. The molecule has 0 bridgehead atoms. The largest absolute Gasteiger partial charge is 0.480 e. The minimum Gasteiger partial charge on any atom is -0.480 e. The molecule has 1 saturated heterocycles. The second kappa shape index (κ2) is 20.6. The van der Waals surface area contributed by atoms with Gasteiger partial charge in [-0.05, 0) is 24.8 Å². The highest BCUT2D eigenvalue weighted by Crippen LogP contribution is 2.37. The lowest BCUT2D eigenvalue weighted by atomic mass is 10.1. The first-order valence-corrected chi connectivity index (χ1v) is 17.5. The van der Waals surface area contributed by atoms with Crippen LogP contribution in [-0.4, -0.2) is 152 Å². The van der Waals surface area contributed by atoms with Crippen LogP contribution in [0.2, 0.25) is 0 Å². The number of nitrogens with two attached hydrogens (primary N) is 2. The number of hydrogen-bond acceptors (Lipinski definition) is 13. The molecule has 0 saturated carbocycles. The number of fused-ring (bicyclic) bond motifs is 1. The van der Waals surface area contributed by atoms with Gasteiger partial charge in [-0.2, -0.15) is 23.5 Å². The van der Waals surface area contributed by atoms with E-state index in [0.717, 1.165) is 18.5 Å². The summed E-state index contributed by atoms with van der Waals surface area (Å²) in [7, 11) is 0. The van der Waals surface area contributed by atoms with Crippen LogP contribution in [0, 0.1) is 0 Å². The first-order chi connectivity index (χ1) is 23.1. The Morgan fingerprint density at radius 3 is 1.76 bits per heavy atom. The van der Waals surface area contributed by atoms with Crippen molar-refractivity contribution in [3.05, 3.63) is 11.6 Å². The van der Waals surface area contributed by atoms with Crippen molar-refractivity contribution in [3.63, 3.8) is 0 Å². The molecule has 49 heavy (non-hydrogen) atoms. The SMILES string of the molecule is N[C@@H](CCC(=O)N[C@@H](CSCC1=CCN2CC[C@@H](SC[C@H](NC(=O)CC[C@H](N)C(=O)O)C(=O)NCC(=O)O)[C@@H]12)C(=O)NCC(=O)O)C(=O)O. The Bertz CT molecular complexity index is 1290. The van der Waals surface area contributed by atoms with Gasteiger partial charge in [-0.25, -0.2) is 0 Å². The Kier molecular flexibility index (Phi) is 17.3. The molecule has 0 spiro atoms. The van der Waals surface area contributed by atoms with Gasteiger partial charge in [0, 0.05) is 54.5 Å². The minimum absolute atomic E-state index is 0.0192. The second-order valence-corrected chi connectivity index (χ2v) is 13.6. The zero-order valence-corrected chi connectivity index (χ0v) is 28.1. The Balaban J connectivity index is 2.02. The van der Waals surface area contributed by atoms with E-state index in [1.165, 1.54) is 23.5 Å². The molecule has 0 aromatic carbocycles. The molecule has 21 heteroatoms. The van der Waals surface area contributed by atoms with E-state index in [2.05, 4.69) is 26.2 Å². The third-order valence-corrected chi connectivity index (χ3v) is 10.1. The van der Waals surface area contributed by atoms with Crippen molar-refractivity contribution >= 4 is 71.0 Å². The van der Waals surface area contributed by atoms with E-state index in [9.17, 15) is 38.4 Å². The van der Waals surface area contributed by atoms with Gasteiger partial charge in [0.25, 0.3) is 0 Å². The van der Waals surface area contributed by atoms with Crippen molar-refractivity contribution in [2.75, 3.05) is 43.4 Å². The standard InChI is InChI=1S/C28H43N7O12S2/c29-15(27(44)45)1-3-20(36)33-17(25(42)31-9-22(38)39)12-48-11-14-5-7-35-8-6-19(24(14)35)49-13-18(26(43)32-10-23(40)41)34-21(37)4-2-16(30)28(46)47/h5,15-19,24H,1-4,6-13,29-30H2,(H,31,42)(H,32,43)(H,33,36)(H,34,37)(H,38,39)(H,40,41)(H,44,45)(H,46,47)/t15-,16-,17-,18-,19+,24+/m0/s1.